The van der Waals surface area contributed by atoms with Gasteiger partial charge in [0.25, 0.3) is 0 Å². The standard InChI is InChI=1S/C30H31ClN2O3/c1-35-28-12-5-11-26-27(30(34)22-8-3-2-4-9-22)21-33(29(26)28)19-7-18-32-17-6-10-25(20-32)36-24-15-13-23(31)14-16-24/h2-5,8-9,11-16,21,25H,6-7,10,17-20H2,1H3. The van der Waals surface area contributed by atoms with Crippen LogP contribution in [0.1, 0.15) is 35.2 Å². The summed E-state index contributed by atoms with van der Waals surface area (Å²) in [5.41, 5.74) is 2.38. The zero-order valence-electron chi connectivity index (χ0n) is 20.5. The van der Waals surface area contributed by atoms with Crippen LogP contribution in [0.15, 0.2) is 79.0 Å². The number of rotatable bonds is 9. The van der Waals surface area contributed by atoms with Gasteiger partial charge in [-0.1, -0.05) is 54.1 Å². The van der Waals surface area contributed by atoms with Gasteiger partial charge in [-0.25, -0.2) is 0 Å². The minimum absolute atomic E-state index is 0.0332. The number of nitrogens with zero attached hydrogens (tertiary/aromatic N) is 2. The number of benzene rings is 3. The van der Waals surface area contributed by atoms with Gasteiger partial charge in [0.2, 0.25) is 0 Å². The highest BCUT2D eigenvalue weighted by Crippen LogP contribution is 2.31. The first kappa shape index (κ1) is 24.4. The Bertz CT molecular complexity index is 1320. The normalized spacial score (nSPS) is 16.2. The summed E-state index contributed by atoms with van der Waals surface area (Å²) >= 11 is 6.00. The minimum atomic E-state index is 0.0332. The van der Waals surface area contributed by atoms with Crippen LogP contribution in [-0.4, -0.2) is 48.1 Å². The Hall–Kier alpha value is -3.28. The van der Waals surface area contributed by atoms with E-state index in [0.717, 1.165) is 72.9 Å². The molecular formula is C30H31ClN2O3. The smallest absolute Gasteiger partial charge is 0.195 e. The molecule has 1 unspecified atom stereocenters. The molecule has 1 aromatic heterocycles. The van der Waals surface area contributed by atoms with Crippen LogP contribution in [0.25, 0.3) is 10.9 Å². The SMILES string of the molecule is COc1cccc2c(C(=O)c3ccccc3)cn(CCCN3CCCC(Oc4ccc(Cl)cc4)C3)c12. The van der Waals surface area contributed by atoms with Crippen molar-refractivity contribution in [2.45, 2.75) is 31.9 Å². The van der Waals surface area contributed by atoms with Gasteiger partial charge < -0.3 is 14.0 Å². The third-order valence-electron chi connectivity index (χ3n) is 6.81. The van der Waals surface area contributed by atoms with Gasteiger partial charge in [0.1, 0.15) is 17.6 Å². The van der Waals surface area contributed by atoms with Crippen LogP contribution < -0.4 is 9.47 Å². The Balaban J connectivity index is 1.27. The average molecular weight is 503 g/mol. The van der Waals surface area contributed by atoms with E-state index >= 15 is 0 Å². The molecule has 0 amide bonds. The second-order valence-electron chi connectivity index (χ2n) is 9.28. The first-order chi connectivity index (χ1) is 17.6. The van der Waals surface area contributed by atoms with Crippen molar-refractivity contribution in [2.24, 2.45) is 0 Å². The summed E-state index contributed by atoms with van der Waals surface area (Å²) in [5, 5.41) is 1.65. The van der Waals surface area contributed by atoms with Crippen LogP contribution in [0.4, 0.5) is 0 Å². The van der Waals surface area contributed by atoms with Gasteiger partial charge in [0, 0.05) is 40.8 Å². The van der Waals surface area contributed by atoms with E-state index in [0.29, 0.717) is 11.1 Å². The molecule has 5 nitrogen and oxygen atoms in total. The number of para-hydroxylation sites is 1. The lowest BCUT2D eigenvalue weighted by molar-refractivity contribution is 0.0872. The molecule has 1 fully saturated rings. The number of piperidine rings is 1. The molecular weight excluding hydrogens is 472 g/mol. The second kappa shape index (κ2) is 11.2. The highest BCUT2D eigenvalue weighted by atomic mass is 35.5. The Morgan fingerprint density at radius 1 is 1.00 bits per heavy atom. The Morgan fingerprint density at radius 2 is 1.81 bits per heavy atom. The summed E-state index contributed by atoms with van der Waals surface area (Å²) in [6.07, 6.45) is 5.32. The van der Waals surface area contributed by atoms with Crippen molar-refractivity contribution in [1.82, 2.24) is 9.47 Å². The molecule has 3 aromatic carbocycles. The van der Waals surface area contributed by atoms with Crippen LogP contribution in [-0.2, 0) is 6.54 Å². The molecule has 6 heteroatoms. The number of hydrogen-bond acceptors (Lipinski definition) is 4. The molecule has 0 N–H and O–H groups in total. The molecule has 1 aliphatic heterocycles. The van der Waals surface area contributed by atoms with Gasteiger partial charge in [0.15, 0.2) is 5.78 Å². The summed E-state index contributed by atoms with van der Waals surface area (Å²) in [6, 6.07) is 23.0. The zero-order chi connectivity index (χ0) is 24.9. The number of ketones is 1. The van der Waals surface area contributed by atoms with Gasteiger partial charge in [-0.15, -0.1) is 0 Å². The highest BCUT2D eigenvalue weighted by molar-refractivity contribution is 6.30. The minimum Gasteiger partial charge on any atom is -0.495 e. The molecule has 4 aromatic rings. The number of hydrogen-bond donors (Lipinski definition) is 0. The van der Waals surface area contributed by atoms with Crippen molar-refractivity contribution < 1.29 is 14.3 Å². The van der Waals surface area contributed by atoms with Crippen LogP contribution in [0.3, 0.4) is 0 Å². The maximum atomic E-state index is 13.3. The first-order valence-corrected chi connectivity index (χ1v) is 12.9. The number of likely N-dealkylation sites (tertiary alicyclic amines) is 1. The van der Waals surface area contributed by atoms with Gasteiger partial charge >= 0.3 is 0 Å². The summed E-state index contributed by atoms with van der Waals surface area (Å²) in [4.78, 5) is 15.8. The molecule has 1 atom stereocenters. The molecule has 1 aliphatic rings. The monoisotopic (exact) mass is 502 g/mol. The summed E-state index contributed by atoms with van der Waals surface area (Å²) in [7, 11) is 1.68. The van der Waals surface area contributed by atoms with E-state index in [1.54, 1.807) is 7.11 Å². The predicted octanol–water partition coefficient (Wildman–Crippen LogP) is 6.47. The second-order valence-corrected chi connectivity index (χ2v) is 9.71. The maximum Gasteiger partial charge on any atom is 0.195 e. The van der Waals surface area contributed by atoms with E-state index in [-0.39, 0.29) is 11.9 Å². The van der Waals surface area contributed by atoms with E-state index < -0.39 is 0 Å². The molecule has 0 spiro atoms. The highest BCUT2D eigenvalue weighted by Gasteiger charge is 2.22. The van der Waals surface area contributed by atoms with Crippen molar-refractivity contribution in [1.29, 1.82) is 0 Å². The third-order valence-corrected chi connectivity index (χ3v) is 7.07. The number of aryl methyl sites for hydroxylation is 1. The number of halogens is 1. The van der Waals surface area contributed by atoms with Gasteiger partial charge in [-0.2, -0.15) is 0 Å². The molecule has 0 saturated carbocycles. The van der Waals surface area contributed by atoms with Gasteiger partial charge in [0.05, 0.1) is 12.6 Å². The van der Waals surface area contributed by atoms with Crippen molar-refractivity contribution in [3.63, 3.8) is 0 Å². The lowest BCUT2D eigenvalue weighted by Gasteiger charge is -2.33. The molecule has 0 radical (unpaired) electrons. The van der Waals surface area contributed by atoms with E-state index in [1.807, 2.05) is 79.0 Å². The molecule has 0 bridgehead atoms. The number of carbonyl (C=O) groups excluding carboxylic acids is 1. The number of methoxy groups -OCH3 is 1. The number of carbonyl (C=O) groups is 1. The van der Waals surface area contributed by atoms with E-state index in [2.05, 4.69) is 9.47 Å². The third kappa shape index (κ3) is 5.43. The summed E-state index contributed by atoms with van der Waals surface area (Å²) in [6.45, 7) is 3.76. The Labute approximate surface area is 217 Å². The molecule has 2 heterocycles. The Morgan fingerprint density at radius 3 is 2.58 bits per heavy atom. The predicted molar refractivity (Wildman–Crippen MR) is 145 cm³/mol. The fourth-order valence-electron chi connectivity index (χ4n) is 5.08. The summed E-state index contributed by atoms with van der Waals surface area (Å²) in [5.74, 6) is 1.69. The van der Waals surface area contributed by atoms with Crippen molar-refractivity contribution in [3.05, 3.63) is 95.1 Å². The van der Waals surface area contributed by atoms with Crippen LogP contribution in [0, 0.1) is 0 Å². The lowest BCUT2D eigenvalue weighted by Crippen LogP contribution is -2.41. The zero-order valence-corrected chi connectivity index (χ0v) is 21.3. The van der Waals surface area contributed by atoms with Crippen LogP contribution >= 0.6 is 11.6 Å². The first-order valence-electron chi connectivity index (χ1n) is 12.5. The number of ether oxygens (including phenoxy) is 2. The lowest BCUT2D eigenvalue weighted by atomic mass is 10.0. The molecule has 186 valence electrons. The van der Waals surface area contributed by atoms with Gasteiger partial charge in [-0.05, 0) is 62.7 Å². The largest absolute Gasteiger partial charge is 0.495 e. The number of fused-ring (bicyclic) bond motifs is 1. The molecule has 36 heavy (non-hydrogen) atoms. The van der Waals surface area contributed by atoms with Gasteiger partial charge in [-0.3, -0.25) is 9.69 Å². The quantitative estimate of drug-likeness (QED) is 0.246. The van der Waals surface area contributed by atoms with Crippen LogP contribution in [0.5, 0.6) is 11.5 Å². The number of aromatic nitrogens is 1. The summed E-state index contributed by atoms with van der Waals surface area (Å²) < 4.78 is 14.1. The van der Waals surface area contributed by atoms with Crippen molar-refractivity contribution in [2.75, 3.05) is 26.7 Å². The topological polar surface area (TPSA) is 43.7 Å². The maximum absolute atomic E-state index is 13.3. The Kier molecular flexibility index (Phi) is 7.59. The van der Waals surface area contributed by atoms with E-state index in [9.17, 15) is 4.79 Å². The molecule has 0 aliphatic carbocycles. The van der Waals surface area contributed by atoms with Crippen molar-refractivity contribution in [3.8, 4) is 11.5 Å². The van der Waals surface area contributed by atoms with Crippen LogP contribution in [0.2, 0.25) is 5.02 Å². The van der Waals surface area contributed by atoms with E-state index in [1.165, 1.54) is 0 Å². The molecule has 5 rings (SSSR count). The van der Waals surface area contributed by atoms with Crippen molar-refractivity contribution >= 4 is 28.3 Å². The fraction of sp³-hybridized carbons (Fsp3) is 0.300. The molecule has 1 saturated heterocycles. The fourth-order valence-corrected chi connectivity index (χ4v) is 5.20. The van der Waals surface area contributed by atoms with E-state index in [4.69, 9.17) is 21.1 Å². The average Bonchev–Trinajstić information content (AvgIpc) is 3.29.